The molecule has 2 amide bonds. The first-order chi connectivity index (χ1) is 11.2. The quantitative estimate of drug-likeness (QED) is 0.635. The van der Waals surface area contributed by atoms with Crippen molar-refractivity contribution in [1.82, 2.24) is 20.2 Å². The first-order valence-corrected chi connectivity index (χ1v) is 8.51. The second kappa shape index (κ2) is 11.6. The van der Waals surface area contributed by atoms with Crippen LogP contribution in [0.25, 0.3) is 0 Å². The van der Waals surface area contributed by atoms with Crippen LogP contribution in [0.5, 0.6) is 0 Å². The van der Waals surface area contributed by atoms with Crippen LogP contribution in [0, 0.1) is 0 Å². The average Bonchev–Trinajstić information content (AvgIpc) is 2.58. The van der Waals surface area contributed by atoms with Gasteiger partial charge in [0.15, 0.2) is 0 Å². The summed E-state index contributed by atoms with van der Waals surface area (Å²) in [7, 11) is 0. The third-order valence-electron chi connectivity index (χ3n) is 3.52. The molecule has 1 N–H and O–H groups in total. The molecule has 0 bridgehead atoms. The summed E-state index contributed by atoms with van der Waals surface area (Å²) in [4.78, 5) is 33.9. The number of hydrogen-bond donors (Lipinski definition) is 1. The van der Waals surface area contributed by atoms with E-state index in [0.29, 0.717) is 31.7 Å². The van der Waals surface area contributed by atoms with Crippen molar-refractivity contribution in [3.63, 3.8) is 0 Å². The zero-order chi connectivity index (χ0) is 16.9. The fraction of sp³-hybridized carbons (Fsp3) is 0.647. The number of amides is 2. The molecular weight excluding hydrogens is 292 g/mol. The fourth-order valence-electron chi connectivity index (χ4n) is 2.26. The van der Waals surface area contributed by atoms with Gasteiger partial charge in [-0.25, -0.2) is 4.98 Å². The van der Waals surface area contributed by atoms with Crippen LogP contribution in [0.1, 0.15) is 62.9 Å². The predicted octanol–water partition coefficient (Wildman–Crippen LogP) is 2.42. The van der Waals surface area contributed by atoms with Crippen LogP contribution >= 0.6 is 0 Å². The third-order valence-corrected chi connectivity index (χ3v) is 3.52. The SMILES string of the molecule is CCCCCCNC(=O)CCN(CCC)C(=O)c1cnccn1. The number of nitrogens with zero attached hydrogens (tertiary/aromatic N) is 3. The monoisotopic (exact) mass is 320 g/mol. The molecule has 0 aliphatic rings. The first-order valence-electron chi connectivity index (χ1n) is 8.51. The van der Waals surface area contributed by atoms with Crippen LogP contribution in [0.15, 0.2) is 18.6 Å². The van der Waals surface area contributed by atoms with Crippen molar-refractivity contribution in [1.29, 1.82) is 0 Å². The van der Waals surface area contributed by atoms with Crippen molar-refractivity contribution >= 4 is 11.8 Å². The van der Waals surface area contributed by atoms with E-state index in [-0.39, 0.29) is 11.8 Å². The lowest BCUT2D eigenvalue weighted by molar-refractivity contribution is -0.121. The third kappa shape index (κ3) is 7.72. The van der Waals surface area contributed by atoms with Crippen molar-refractivity contribution < 1.29 is 9.59 Å². The molecule has 1 heterocycles. The van der Waals surface area contributed by atoms with Gasteiger partial charge in [0.05, 0.1) is 6.20 Å². The van der Waals surface area contributed by atoms with Gasteiger partial charge in [-0.1, -0.05) is 33.1 Å². The van der Waals surface area contributed by atoms with Gasteiger partial charge in [0.25, 0.3) is 5.91 Å². The Balaban J connectivity index is 2.38. The summed E-state index contributed by atoms with van der Waals surface area (Å²) in [5, 5.41) is 2.91. The molecule has 0 spiro atoms. The molecule has 1 aromatic rings. The van der Waals surface area contributed by atoms with Gasteiger partial charge in [-0.3, -0.25) is 14.6 Å². The van der Waals surface area contributed by atoms with Gasteiger partial charge in [-0.15, -0.1) is 0 Å². The molecule has 6 heteroatoms. The van der Waals surface area contributed by atoms with Crippen molar-refractivity contribution in [3.8, 4) is 0 Å². The molecule has 0 unspecified atom stereocenters. The highest BCUT2D eigenvalue weighted by Crippen LogP contribution is 2.03. The smallest absolute Gasteiger partial charge is 0.274 e. The zero-order valence-electron chi connectivity index (χ0n) is 14.3. The maximum absolute atomic E-state index is 12.4. The summed E-state index contributed by atoms with van der Waals surface area (Å²) in [6.45, 7) is 5.90. The zero-order valence-corrected chi connectivity index (χ0v) is 14.3. The molecule has 0 radical (unpaired) electrons. The topological polar surface area (TPSA) is 75.2 Å². The Hall–Kier alpha value is -1.98. The van der Waals surface area contributed by atoms with E-state index < -0.39 is 0 Å². The highest BCUT2D eigenvalue weighted by molar-refractivity contribution is 5.92. The summed E-state index contributed by atoms with van der Waals surface area (Å²) < 4.78 is 0. The van der Waals surface area contributed by atoms with Gasteiger partial charge in [0.1, 0.15) is 5.69 Å². The van der Waals surface area contributed by atoms with E-state index in [1.54, 1.807) is 4.90 Å². The molecule has 0 atom stereocenters. The van der Waals surface area contributed by atoms with Gasteiger partial charge < -0.3 is 10.2 Å². The number of carbonyl (C=O) groups is 2. The van der Waals surface area contributed by atoms with Crippen LogP contribution in [-0.4, -0.2) is 46.3 Å². The minimum Gasteiger partial charge on any atom is -0.356 e. The first kappa shape index (κ1) is 19.1. The summed E-state index contributed by atoms with van der Waals surface area (Å²) in [6, 6.07) is 0. The Labute approximate surface area is 138 Å². The number of unbranched alkanes of at least 4 members (excludes halogenated alkanes) is 3. The number of carbonyl (C=O) groups excluding carboxylic acids is 2. The second-order valence-electron chi connectivity index (χ2n) is 5.54. The predicted molar refractivity (Wildman–Crippen MR) is 90.0 cm³/mol. The van der Waals surface area contributed by atoms with Gasteiger partial charge in [0, 0.05) is 38.4 Å². The van der Waals surface area contributed by atoms with E-state index in [9.17, 15) is 9.59 Å². The minimum absolute atomic E-state index is 0.00505. The summed E-state index contributed by atoms with van der Waals surface area (Å²) >= 11 is 0. The summed E-state index contributed by atoms with van der Waals surface area (Å²) in [6.07, 6.45) is 10.2. The van der Waals surface area contributed by atoms with E-state index in [0.717, 1.165) is 19.3 Å². The van der Waals surface area contributed by atoms with E-state index in [4.69, 9.17) is 0 Å². The van der Waals surface area contributed by atoms with E-state index in [2.05, 4.69) is 22.2 Å². The molecule has 0 aliphatic heterocycles. The van der Waals surface area contributed by atoms with E-state index in [1.165, 1.54) is 31.4 Å². The molecule has 0 aliphatic carbocycles. The Bertz CT molecular complexity index is 465. The lowest BCUT2D eigenvalue weighted by Gasteiger charge is -2.21. The molecule has 0 saturated carbocycles. The van der Waals surface area contributed by atoms with Crippen LogP contribution < -0.4 is 5.32 Å². The summed E-state index contributed by atoms with van der Waals surface area (Å²) in [5.41, 5.74) is 0.320. The molecule has 128 valence electrons. The summed E-state index contributed by atoms with van der Waals surface area (Å²) in [5.74, 6) is -0.176. The van der Waals surface area contributed by atoms with Crippen LogP contribution in [0.4, 0.5) is 0 Å². The van der Waals surface area contributed by atoms with Crippen molar-refractivity contribution in [2.24, 2.45) is 0 Å². The van der Waals surface area contributed by atoms with Gasteiger partial charge in [0.2, 0.25) is 5.91 Å². The van der Waals surface area contributed by atoms with Crippen LogP contribution in [-0.2, 0) is 4.79 Å². The molecule has 0 aromatic carbocycles. The van der Waals surface area contributed by atoms with Crippen LogP contribution in [0.2, 0.25) is 0 Å². The largest absolute Gasteiger partial charge is 0.356 e. The Morgan fingerprint density at radius 3 is 2.57 bits per heavy atom. The number of hydrogen-bond acceptors (Lipinski definition) is 4. The van der Waals surface area contributed by atoms with Gasteiger partial charge >= 0.3 is 0 Å². The molecule has 1 aromatic heterocycles. The molecule has 1 rings (SSSR count). The number of rotatable bonds is 11. The molecule has 6 nitrogen and oxygen atoms in total. The Morgan fingerprint density at radius 1 is 1.09 bits per heavy atom. The molecule has 0 fully saturated rings. The second-order valence-corrected chi connectivity index (χ2v) is 5.54. The lowest BCUT2D eigenvalue weighted by atomic mass is 10.2. The number of aromatic nitrogens is 2. The highest BCUT2D eigenvalue weighted by Gasteiger charge is 2.17. The normalized spacial score (nSPS) is 10.3. The van der Waals surface area contributed by atoms with Crippen molar-refractivity contribution in [2.45, 2.75) is 52.4 Å². The Morgan fingerprint density at radius 2 is 1.91 bits per heavy atom. The van der Waals surface area contributed by atoms with Crippen molar-refractivity contribution in [3.05, 3.63) is 24.3 Å². The van der Waals surface area contributed by atoms with Gasteiger partial charge in [-0.2, -0.15) is 0 Å². The standard InChI is InChI=1S/C17H28N4O2/c1-3-5-6-7-9-20-16(22)8-13-21(12-4-2)17(23)15-14-18-10-11-19-15/h10-11,14H,3-9,12-13H2,1-2H3,(H,20,22). The van der Waals surface area contributed by atoms with Crippen LogP contribution in [0.3, 0.4) is 0 Å². The van der Waals surface area contributed by atoms with Gasteiger partial charge in [-0.05, 0) is 12.8 Å². The number of nitrogens with one attached hydrogen (secondary N) is 1. The molecule has 23 heavy (non-hydrogen) atoms. The average molecular weight is 320 g/mol. The maximum atomic E-state index is 12.4. The van der Waals surface area contributed by atoms with E-state index in [1.807, 2.05) is 6.92 Å². The van der Waals surface area contributed by atoms with Crippen molar-refractivity contribution in [2.75, 3.05) is 19.6 Å². The fourth-order valence-corrected chi connectivity index (χ4v) is 2.26. The minimum atomic E-state index is -0.171. The molecule has 0 saturated heterocycles. The lowest BCUT2D eigenvalue weighted by Crippen LogP contribution is -2.36. The highest BCUT2D eigenvalue weighted by atomic mass is 16.2. The Kier molecular flexibility index (Phi) is 9.59. The maximum Gasteiger partial charge on any atom is 0.274 e. The molecular formula is C17H28N4O2. The van der Waals surface area contributed by atoms with E-state index >= 15 is 0 Å².